The van der Waals surface area contributed by atoms with Gasteiger partial charge >= 0.3 is 0 Å². The number of nitrogens with one attached hydrogen (secondary N) is 1. The smallest absolute Gasteiger partial charge is 0.271 e. The van der Waals surface area contributed by atoms with Gasteiger partial charge < -0.3 is 14.0 Å². The molecular formula is C34H29BrFN3O3. The van der Waals surface area contributed by atoms with Crippen molar-refractivity contribution in [3.8, 4) is 28.4 Å². The Hall–Kier alpha value is -4.69. The Kier molecular flexibility index (Phi) is 9.14. The number of nitrogens with zero attached hydrogens (tertiary/aromatic N) is 2. The molecule has 1 N–H and O–H groups in total. The summed E-state index contributed by atoms with van der Waals surface area (Å²) in [5.74, 6) is 0.361. The molecule has 5 aromatic rings. The van der Waals surface area contributed by atoms with Gasteiger partial charge in [0.05, 0.1) is 18.5 Å². The highest BCUT2D eigenvalue weighted by Gasteiger charge is 2.13. The van der Waals surface area contributed by atoms with Gasteiger partial charge in [0.25, 0.3) is 5.91 Å². The Labute approximate surface area is 252 Å². The minimum atomic E-state index is -0.332. The molecule has 0 spiro atoms. The number of benzene rings is 4. The summed E-state index contributed by atoms with van der Waals surface area (Å²) in [6.07, 6.45) is 1.53. The van der Waals surface area contributed by atoms with Gasteiger partial charge in [-0.05, 0) is 102 Å². The van der Waals surface area contributed by atoms with Crippen LogP contribution < -0.4 is 14.9 Å². The van der Waals surface area contributed by atoms with Gasteiger partial charge in [-0.3, -0.25) is 4.79 Å². The summed E-state index contributed by atoms with van der Waals surface area (Å²) in [4.78, 5) is 12.8. The second-order valence-electron chi connectivity index (χ2n) is 9.48. The molecule has 42 heavy (non-hydrogen) atoms. The van der Waals surface area contributed by atoms with Crippen molar-refractivity contribution in [1.82, 2.24) is 9.99 Å². The van der Waals surface area contributed by atoms with Gasteiger partial charge in [0, 0.05) is 27.0 Å². The molecule has 0 atom stereocenters. The van der Waals surface area contributed by atoms with Gasteiger partial charge in [0.2, 0.25) is 0 Å². The normalized spacial score (nSPS) is 11.0. The molecule has 0 unspecified atom stereocenters. The molecule has 0 aliphatic rings. The van der Waals surface area contributed by atoms with Crippen LogP contribution in [0.2, 0.25) is 0 Å². The lowest BCUT2D eigenvalue weighted by Gasteiger charge is -2.14. The number of halogens is 2. The summed E-state index contributed by atoms with van der Waals surface area (Å²) in [7, 11) is 0. The molecule has 0 bridgehead atoms. The molecule has 0 saturated heterocycles. The average molecular weight is 627 g/mol. The van der Waals surface area contributed by atoms with E-state index in [9.17, 15) is 9.18 Å². The van der Waals surface area contributed by atoms with Crippen LogP contribution in [0.15, 0.2) is 113 Å². The van der Waals surface area contributed by atoms with Crippen molar-refractivity contribution in [1.29, 1.82) is 0 Å². The number of ether oxygens (including phenoxy) is 2. The van der Waals surface area contributed by atoms with Gasteiger partial charge in [-0.1, -0.05) is 42.5 Å². The van der Waals surface area contributed by atoms with Gasteiger partial charge in [0.15, 0.2) is 11.5 Å². The fourth-order valence-corrected chi connectivity index (χ4v) is 4.95. The first-order valence-corrected chi connectivity index (χ1v) is 14.2. The molecular weight excluding hydrogens is 597 g/mol. The summed E-state index contributed by atoms with van der Waals surface area (Å²) in [5, 5.41) is 4.16. The van der Waals surface area contributed by atoms with Crippen LogP contribution in [-0.2, 0) is 6.61 Å². The van der Waals surface area contributed by atoms with Crippen molar-refractivity contribution in [3.63, 3.8) is 0 Å². The van der Waals surface area contributed by atoms with Gasteiger partial charge in [-0.25, -0.2) is 9.82 Å². The summed E-state index contributed by atoms with van der Waals surface area (Å²) in [5.41, 5.74) is 8.72. The van der Waals surface area contributed by atoms with Crippen LogP contribution >= 0.6 is 15.9 Å². The lowest BCUT2D eigenvalue weighted by molar-refractivity contribution is 0.0955. The molecule has 212 valence electrons. The maximum Gasteiger partial charge on any atom is 0.271 e. The van der Waals surface area contributed by atoms with Gasteiger partial charge in [-0.15, -0.1) is 0 Å². The fourth-order valence-electron chi connectivity index (χ4n) is 4.52. The number of hydrazone groups is 1. The molecule has 5 rings (SSSR count). The van der Waals surface area contributed by atoms with Crippen molar-refractivity contribution in [2.75, 3.05) is 6.61 Å². The highest BCUT2D eigenvalue weighted by molar-refractivity contribution is 9.10. The van der Waals surface area contributed by atoms with Crippen molar-refractivity contribution in [3.05, 3.63) is 136 Å². The molecule has 0 saturated carbocycles. The van der Waals surface area contributed by atoms with E-state index in [4.69, 9.17) is 9.47 Å². The van der Waals surface area contributed by atoms with E-state index in [0.717, 1.165) is 22.6 Å². The number of carbonyl (C=O) groups excluding carboxylic acids is 1. The zero-order valence-electron chi connectivity index (χ0n) is 23.2. The summed E-state index contributed by atoms with van der Waals surface area (Å²) < 4.78 is 28.0. The Bertz CT molecular complexity index is 1720. The molecule has 0 fully saturated rings. The first-order chi connectivity index (χ1) is 20.4. The average Bonchev–Trinajstić information content (AvgIpc) is 3.39. The van der Waals surface area contributed by atoms with Crippen molar-refractivity contribution in [2.24, 2.45) is 5.10 Å². The van der Waals surface area contributed by atoms with E-state index >= 15 is 0 Å². The highest BCUT2D eigenvalue weighted by Crippen LogP contribution is 2.34. The number of aromatic nitrogens is 1. The second kappa shape index (κ2) is 13.3. The van der Waals surface area contributed by atoms with Crippen LogP contribution in [0, 0.1) is 12.7 Å². The number of hydrogen-bond acceptors (Lipinski definition) is 4. The van der Waals surface area contributed by atoms with E-state index in [-0.39, 0.29) is 18.3 Å². The standard InChI is InChI=1S/C34H29BrFN3O3/c1-3-41-32-19-27(30(35)20-33(32)42-22-24-8-7-11-28(36)18-24)21-37-38-34(40)26-13-15-29(16-14-26)39-23(2)12-17-31(39)25-9-5-4-6-10-25/h4-21H,3,22H2,1-2H3,(H,38,40)/b37-21+. The Balaban J connectivity index is 1.27. The van der Waals surface area contributed by atoms with E-state index in [0.29, 0.717) is 39.3 Å². The molecule has 4 aromatic carbocycles. The predicted molar refractivity (Wildman–Crippen MR) is 167 cm³/mol. The minimum Gasteiger partial charge on any atom is -0.490 e. The Morgan fingerprint density at radius 3 is 2.43 bits per heavy atom. The molecule has 1 heterocycles. The number of aryl methyl sites for hydroxylation is 1. The van der Waals surface area contributed by atoms with Crippen LogP contribution in [-0.4, -0.2) is 23.3 Å². The Morgan fingerprint density at radius 1 is 0.929 bits per heavy atom. The molecule has 0 aliphatic heterocycles. The van der Waals surface area contributed by atoms with Crippen LogP contribution in [0.1, 0.15) is 34.1 Å². The zero-order chi connectivity index (χ0) is 29.5. The quantitative estimate of drug-likeness (QED) is 0.126. The molecule has 0 radical (unpaired) electrons. The summed E-state index contributed by atoms with van der Waals surface area (Å²) >= 11 is 3.54. The summed E-state index contributed by atoms with van der Waals surface area (Å²) in [6, 6.07) is 31.5. The van der Waals surface area contributed by atoms with E-state index in [2.05, 4.69) is 62.2 Å². The van der Waals surface area contributed by atoms with Crippen molar-refractivity contribution >= 4 is 28.1 Å². The zero-order valence-corrected chi connectivity index (χ0v) is 24.8. The van der Waals surface area contributed by atoms with E-state index in [1.165, 1.54) is 18.3 Å². The maximum atomic E-state index is 13.5. The van der Waals surface area contributed by atoms with E-state index in [1.807, 2.05) is 37.3 Å². The number of hydrogen-bond donors (Lipinski definition) is 1. The van der Waals surface area contributed by atoms with Gasteiger partial charge in [0.1, 0.15) is 12.4 Å². The lowest BCUT2D eigenvalue weighted by Crippen LogP contribution is -2.17. The third-order valence-corrected chi connectivity index (χ3v) is 7.24. The lowest BCUT2D eigenvalue weighted by atomic mass is 10.1. The van der Waals surface area contributed by atoms with Crippen molar-refractivity contribution < 1.29 is 18.7 Å². The van der Waals surface area contributed by atoms with Crippen LogP contribution in [0.4, 0.5) is 4.39 Å². The molecule has 1 amide bonds. The molecule has 8 heteroatoms. The van der Waals surface area contributed by atoms with E-state index < -0.39 is 0 Å². The van der Waals surface area contributed by atoms with E-state index in [1.54, 1.807) is 36.4 Å². The van der Waals surface area contributed by atoms with Crippen LogP contribution in [0.25, 0.3) is 16.9 Å². The summed E-state index contributed by atoms with van der Waals surface area (Å²) in [6.45, 7) is 4.54. The molecule has 6 nitrogen and oxygen atoms in total. The first kappa shape index (κ1) is 28.8. The SMILES string of the molecule is CCOc1cc(/C=N/NC(=O)c2ccc(-n3c(C)ccc3-c3ccccc3)cc2)c(Br)cc1OCc1cccc(F)c1. The van der Waals surface area contributed by atoms with Crippen molar-refractivity contribution in [2.45, 2.75) is 20.5 Å². The third-order valence-electron chi connectivity index (χ3n) is 6.55. The fraction of sp³-hybridized carbons (Fsp3) is 0.118. The predicted octanol–water partition coefficient (Wildman–Crippen LogP) is 8.10. The van der Waals surface area contributed by atoms with Gasteiger partial charge in [-0.2, -0.15) is 5.10 Å². The second-order valence-corrected chi connectivity index (χ2v) is 10.3. The topological polar surface area (TPSA) is 64.8 Å². The first-order valence-electron chi connectivity index (χ1n) is 13.4. The molecule has 0 aliphatic carbocycles. The Morgan fingerprint density at radius 2 is 1.69 bits per heavy atom. The monoisotopic (exact) mass is 625 g/mol. The third kappa shape index (κ3) is 6.78. The number of carbonyl (C=O) groups is 1. The largest absolute Gasteiger partial charge is 0.490 e. The van der Waals surface area contributed by atoms with Crippen LogP contribution in [0.5, 0.6) is 11.5 Å². The minimum absolute atomic E-state index is 0.185. The number of amides is 1. The maximum absolute atomic E-state index is 13.5. The van der Waals surface area contributed by atoms with Crippen LogP contribution in [0.3, 0.4) is 0 Å². The number of rotatable bonds is 10. The molecule has 1 aromatic heterocycles. The highest BCUT2D eigenvalue weighted by atomic mass is 79.9.